The Bertz CT molecular complexity index is 330. The van der Waals surface area contributed by atoms with Crippen LogP contribution in [-0.2, 0) is 4.43 Å². The first-order chi connectivity index (χ1) is 7.58. The molecule has 16 heavy (non-hydrogen) atoms. The molecule has 0 saturated heterocycles. The van der Waals surface area contributed by atoms with Crippen molar-refractivity contribution in [1.82, 2.24) is 0 Å². The number of hydrogen-bond donors (Lipinski definition) is 0. The summed E-state index contributed by atoms with van der Waals surface area (Å²) in [6.07, 6.45) is 1.87. The summed E-state index contributed by atoms with van der Waals surface area (Å²) < 4.78 is 44.0. The van der Waals surface area contributed by atoms with Crippen LogP contribution in [0.5, 0.6) is 0 Å². The Morgan fingerprint density at radius 1 is 1.12 bits per heavy atom. The largest absolute Gasteiger partial charge is 0.416 e. The van der Waals surface area contributed by atoms with E-state index in [4.69, 9.17) is 4.43 Å². The van der Waals surface area contributed by atoms with Gasteiger partial charge in [-0.2, -0.15) is 0 Å². The van der Waals surface area contributed by atoms with E-state index >= 15 is 0 Å². The first-order valence-electron chi connectivity index (χ1n) is 5.33. The topological polar surface area (TPSA) is 9.23 Å². The van der Waals surface area contributed by atoms with Crippen LogP contribution in [-0.4, -0.2) is 15.9 Å². The molecule has 0 fully saturated rings. The number of rotatable bonds is 5. The Kier molecular flexibility index (Phi) is 5.01. The second-order valence-corrected chi connectivity index (χ2v) is 5.06. The smallest absolute Gasteiger partial charge is 0.194 e. The van der Waals surface area contributed by atoms with Gasteiger partial charge in [-0.3, -0.25) is 0 Å². The third kappa shape index (κ3) is 3.35. The van der Waals surface area contributed by atoms with Crippen LogP contribution in [0.2, 0.25) is 0 Å². The summed E-state index contributed by atoms with van der Waals surface area (Å²) in [5.74, 6) is -3.70. The van der Waals surface area contributed by atoms with Crippen LogP contribution in [0.1, 0.15) is 26.7 Å². The Morgan fingerprint density at radius 3 is 2.06 bits per heavy atom. The minimum Gasteiger partial charge on any atom is -0.416 e. The van der Waals surface area contributed by atoms with Crippen LogP contribution >= 0.6 is 0 Å². The molecule has 1 nitrogen and oxygen atoms in total. The first-order valence-corrected chi connectivity index (χ1v) is 6.61. The predicted molar refractivity (Wildman–Crippen MR) is 59.9 cm³/mol. The van der Waals surface area contributed by atoms with E-state index in [2.05, 4.69) is 0 Å². The Labute approximate surface area is 95.6 Å². The lowest BCUT2D eigenvalue weighted by Gasteiger charge is -2.14. The summed E-state index contributed by atoms with van der Waals surface area (Å²) in [4.78, 5) is 0. The van der Waals surface area contributed by atoms with Crippen LogP contribution in [0.15, 0.2) is 12.1 Å². The van der Waals surface area contributed by atoms with Crippen molar-refractivity contribution in [3.8, 4) is 0 Å². The van der Waals surface area contributed by atoms with E-state index in [0.717, 1.165) is 25.0 Å². The molecule has 0 saturated carbocycles. The molecule has 0 unspecified atom stereocenters. The molecular weight excluding hydrogens is 233 g/mol. The molecule has 5 heteroatoms. The lowest BCUT2D eigenvalue weighted by Crippen LogP contribution is -2.24. The van der Waals surface area contributed by atoms with Crippen molar-refractivity contribution in [3.63, 3.8) is 0 Å². The highest BCUT2D eigenvalue weighted by Crippen LogP contribution is 2.08. The third-order valence-corrected chi connectivity index (χ3v) is 3.82. The number of benzene rings is 1. The maximum atomic E-state index is 12.9. The second-order valence-electron chi connectivity index (χ2n) is 3.62. The van der Waals surface area contributed by atoms with Gasteiger partial charge in [0, 0.05) is 6.10 Å². The summed E-state index contributed by atoms with van der Waals surface area (Å²) >= 11 is 0. The standard InChI is InChI=1S/C11H15F3OSi/c1-3-7(4-2)15-16-8-5-9(12)11(14)10(13)6-8/h5-7H,3-4,16H2,1-2H3. The van der Waals surface area contributed by atoms with Crippen LogP contribution in [0.25, 0.3) is 0 Å². The highest BCUT2D eigenvalue weighted by Gasteiger charge is 2.12. The van der Waals surface area contributed by atoms with Gasteiger partial charge in [-0.05, 0) is 30.2 Å². The first kappa shape index (κ1) is 13.3. The van der Waals surface area contributed by atoms with Crippen molar-refractivity contribution >= 4 is 14.9 Å². The van der Waals surface area contributed by atoms with Crippen LogP contribution in [0, 0.1) is 17.5 Å². The van der Waals surface area contributed by atoms with Crippen molar-refractivity contribution in [2.24, 2.45) is 0 Å². The zero-order valence-corrected chi connectivity index (χ0v) is 10.8. The zero-order chi connectivity index (χ0) is 12.1. The van der Waals surface area contributed by atoms with E-state index in [9.17, 15) is 13.2 Å². The second kappa shape index (κ2) is 6.05. The normalized spacial score (nSPS) is 11.9. The summed E-state index contributed by atoms with van der Waals surface area (Å²) in [6, 6.07) is 2.04. The molecule has 0 radical (unpaired) electrons. The van der Waals surface area contributed by atoms with Gasteiger partial charge >= 0.3 is 0 Å². The van der Waals surface area contributed by atoms with Gasteiger partial charge in [0.1, 0.15) is 0 Å². The molecule has 1 aromatic carbocycles. The molecule has 0 N–H and O–H groups in total. The van der Waals surface area contributed by atoms with E-state index < -0.39 is 27.2 Å². The fraction of sp³-hybridized carbons (Fsp3) is 0.455. The van der Waals surface area contributed by atoms with Gasteiger partial charge in [0.05, 0.1) is 0 Å². The molecule has 0 amide bonds. The third-order valence-electron chi connectivity index (χ3n) is 2.44. The molecule has 0 bridgehead atoms. The minimum absolute atomic E-state index is 0.128. The van der Waals surface area contributed by atoms with Crippen molar-refractivity contribution in [3.05, 3.63) is 29.6 Å². The van der Waals surface area contributed by atoms with E-state index in [1.54, 1.807) is 0 Å². The SMILES string of the molecule is CCC(CC)O[SiH2]c1cc(F)c(F)c(F)c1. The Hall–Kier alpha value is -0.813. The molecule has 1 rings (SSSR count). The van der Waals surface area contributed by atoms with Gasteiger partial charge in [0.15, 0.2) is 27.2 Å². The highest BCUT2D eigenvalue weighted by molar-refractivity contribution is 6.46. The lowest BCUT2D eigenvalue weighted by molar-refractivity contribution is 0.206. The average molecular weight is 248 g/mol. The fourth-order valence-electron chi connectivity index (χ4n) is 1.43. The van der Waals surface area contributed by atoms with Crippen LogP contribution < -0.4 is 5.19 Å². The molecule has 0 aliphatic heterocycles. The van der Waals surface area contributed by atoms with Gasteiger partial charge in [0.25, 0.3) is 0 Å². The van der Waals surface area contributed by atoms with E-state index in [1.807, 2.05) is 13.8 Å². The predicted octanol–water partition coefficient (Wildman–Crippen LogP) is 2.02. The van der Waals surface area contributed by atoms with Crippen molar-refractivity contribution in [2.45, 2.75) is 32.8 Å². The average Bonchev–Trinajstić information content (AvgIpc) is 2.27. The van der Waals surface area contributed by atoms with Crippen LogP contribution in [0.4, 0.5) is 13.2 Å². The summed E-state index contributed by atoms with van der Waals surface area (Å²) in [5, 5.41) is 0.448. The monoisotopic (exact) mass is 248 g/mol. The van der Waals surface area contributed by atoms with Crippen LogP contribution in [0.3, 0.4) is 0 Å². The maximum Gasteiger partial charge on any atom is 0.194 e. The molecule has 0 aromatic heterocycles. The Balaban J connectivity index is 2.68. The van der Waals surface area contributed by atoms with E-state index in [-0.39, 0.29) is 6.10 Å². The zero-order valence-electron chi connectivity index (χ0n) is 9.40. The quantitative estimate of drug-likeness (QED) is 0.572. The van der Waals surface area contributed by atoms with E-state index in [0.29, 0.717) is 5.19 Å². The summed E-state index contributed by atoms with van der Waals surface area (Å²) in [6.45, 7) is 3.99. The molecule has 0 heterocycles. The van der Waals surface area contributed by atoms with E-state index in [1.165, 1.54) is 0 Å². The lowest BCUT2D eigenvalue weighted by atomic mass is 10.2. The molecule has 0 aliphatic carbocycles. The van der Waals surface area contributed by atoms with Gasteiger partial charge in [-0.1, -0.05) is 13.8 Å². The molecular formula is C11H15F3OSi. The molecule has 1 aromatic rings. The van der Waals surface area contributed by atoms with Gasteiger partial charge in [-0.15, -0.1) is 0 Å². The number of hydrogen-bond acceptors (Lipinski definition) is 1. The van der Waals surface area contributed by atoms with Crippen molar-refractivity contribution in [2.75, 3.05) is 0 Å². The highest BCUT2D eigenvalue weighted by atomic mass is 28.2. The molecule has 0 spiro atoms. The minimum atomic E-state index is -1.42. The molecule has 0 atom stereocenters. The number of halogens is 3. The molecule has 90 valence electrons. The summed E-state index contributed by atoms with van der Waals surface area (Å²) in [7, 11) is -1.19. The van der Waals surface area contributed by atoms with Gasteiger partial charge < -0.3 is 4.43 Å². The van der Waals surface area contributed by atoms with Crippen molar-refractivity contribution in [1.29, 1.82) is 0 Å². The Morgan fingerprint density at radius 2 is 1.62 bits per heavy atom. The molecule has 0 aliphatic rings. The van der Waals surface area contributed by atoms with Crippen molar-refractivity contribution < 1.29 is 17.6 Å². The van der Waals surface area contributed by atoms with Gasteiger partial charge in [0.2, 0.25) is 0 Å². The fourth-order valence-corrected chi connectivity index (χ4v) is 2.85. The van der Waals surface area contributed by atoms with Gasteiger partial charge in [-0.25, -0.2) is 13.2 Å². The maximum absolute atomic E-state index is 12.9. The summed E-state index contributed by atoms with van der Waals surface area (Å²) in [5.41, 5.74) is 0.